The minimum atomic E-state index is -0.676. The molecule has 0 aliphatic carbocycles. The normalized spacial score (nSPS) is 12.2. The minimum absolute atomic E-state index is 0.0158. The van der Waals surface area contributed by atoms with Crippen molar-refractivity contribution in [3.63, 3.8) is 0 Å². The zero-order valence-electron chi connectivity index (χ0n) is 26.9. The zero-order valence-corrected chi connectivity index (χ0v) is 26.9. The van der Waals surface area contributed by atoms with Crippen LogP contribution in [0.15, 0.2) is 12.2 Å². The number of unbranched alkanes of at least 4 members (excludes halogenated alkanes) is 21. The highest BCUT2D eigenvalue weighted by molar-refractivity contribution is 5.69. The number of carbonyl (C=O) groups excluding carboxylic acids is 1. The van der Waals surface area contributed by atoms with Crippen LogP contribution in [0.25, 0.3) is 0 Å². The van der Waals surface area contributed by atoms with Crippen LogP contribution in [0.1, 0.15) is 200 Å². The molecule has 0 aliphatic rings. The molecule has 0 rings (SSSR count). The maximum atomic E-state index is 12.4. The standard InChI is InChI=1S/C36H68O4/c1-3-5-7-8-9-10-11-12-13-14-15-20-23-26-29-33-36(39)40-34(30-6-4-2)31-27-24-21-18-16-17-19-22-25-28-32-35(37)38/h12-13,34H,3-11,14-33H2,1-2H3,(H,37,38)/b13-12-. The van der Waals surface area contributed by atoms with Crippen LogP contribution in [0.2, 0.25) is 0 Å². The van der Waals surface area contributed by atoms with E-state index in [0.29, 0.717) is 12.8 Å². The zero-order chi connectivity index (χ0) is 29.4. The fourth-order valence-corrected chi connectivity index (χ4v) is 5.34. The van der Waals surface area contributed by atoms with Crippen LogP contribution in [-0.2, 0) is 14.3 Å². The molecule has 4 nitrogen and oxygen atoms in total. The predicted octanol–water partition coefficient (Wildman–Crippen LogP) is 11.9. The second kappa shape index (κ2) is 32.2. The number of esters is 1. The van der Waals surface area contributed by atoms with E-state index in [1.54, 1.807) is 0 Å². The van der Waals surface area contributed by atoms with Gasteiger partial charge in [-0.1, -0.05) is 142 Å². The van der Waals surface area contributed by atoms with Gasteiger partial charge in [0.25, 0.3) is 0 Å². The van der Waals surface area contributed by atoms with Crippen molar-refractivity contribution in [3.8, 4) is 0 Å². The quantitative estimate of drug-likeness (QED) is 0.0501. The molecule has 0 bridgehead atoms. The SMILES string of the molecule is CCCCCCCC/C=C\CCCCCCCC(=O)OC(CCCC)CCCCCCCCCCCCC(=O)O. The highest BCUT2D eigenvalue weighted by atomic mass is 16.5. The van der Waals surface area contributed by atoms with Crippen molar-refractivity contribution >= 4 is 11.9 Å². The van der Waals surface area contributed by atoms with Gasteiger partial charge in [0, 0.05) is 12.8 Å². The van der Waals surface area contributed by atoms with Gasteiger partial charge in [-0.3, -0.25) is 9.59 Å². The van der Waals surface area contributed by atoms with Crippen LogP contribution >= 0.6 is 0 Å². The summed E-state index contributed by atoms with van der Waals surface area (Å²) in [5, 5.41) is 8.66. The first kappa shape index (κ1) is 38.7. The van der Waals surface area contributed by atoms with Gasteiger partial charge >= 0.3 is 11.9 Å². The first-order chi connectivity index (χ1) is 19.6. The van der Waals surface area contributed by atoms with E-state index in [-0.39, 0.29) is 12.1 Å². The summed E-state index contributed by atoms with van der Waals surface area (Å²) in [5.41, 5.74) is 0. The van der Waals surface area contributed by atoms with E-state index >= 15 is 0 Å². The fraction of sp³-hybridized carbons (Fsp3) is 0.889. The van der Waals surface area contributed by atoms with E-state index in [1.807, 2.05) is 0 Å². The summed E-state index contributed by atoms with van der Waals surface area (Å²) in [6, 6.07) is 0. The highest BCUT2D eigenvalue weighted by Crippen LogP contribution is 2.18. The molecule has 0 fully saturated rings. The van der Waals surface area contributed by atoms with Gasteiger partial charge in [0.15, 0.2) is 0 Å². The Labute approximate surface area is 249 Å². The van der Waals surface area contributed by atoms with Gasteiger partial charge in [-0.2, -0.15) is 0 Å². The third-order valence-electron chi connectivity index (χ3n) is 7.99. The van der Waals surface area contributed by atoms with Crippen LogP contribution in [0.3, 0.4) is 0 Å². The molecule has 0 spiro atoms. The van der Waals surface area contributed by atoms with Crippen molar-refractivity contribution in [2.75, 3.05) is 0 Å². The summed E-state index contributed by atoms with van der Waals surface area (Å²) >= 11 is 0. The molecule has 1 unspecified atom stereocenters. The maximum Gasteiger partial charge on any atom is 0.306 e. The van der Waals surface area contributed by atoms with Gasteiger partial charge in [0.1, 0.15) is 6.10 Å². The van der Waals surface area contributed by atoms with Crippen LogP contribution < -0.4 is 0 Å². The number of hydrogen-bond donors (Lipinski definition) is 1. The monoisotopic (exact) mass is 565 g/mol. The minimum Gasteiger partial charge on any atom is -0.481 e. The average Bonchev–Trinajstić information content (AvgIpc) is 2.94. The van der Waals surface area contributed by atoms with E-state index < -0.39 is 5.97 Å². The van der Waals surface area contributed by atoms with Crippen molar-refractivity contribution in [3.05, 3.63) is 12.2 Å². The van der Waals surface area contributed by atoms with E-state index in [2.05, 4.69) is 26.0 Å². The highest BCUT2D eigenvalue weighted by Gasteiger charge is 2.13. The molecule has 0 radical (unpaired) electrons. The van der Waals surface area contributed by atoms with E-state index in [4.69, 9.17) is 9.84 Å². The van der Waals surface area contributed by atoms with Crippen molar-refractivity contribution in [1.82, 2.24) is 0 Å². The lowest BCUT2D eigenvalue weighted by Crippen LogP contribution is -2.18. The topological polar surface area (TPSA) is 63.6 Å². The molecule has 0 aliphatic heterocycles. The predicted molar refractivity (Wildman–Crippen MR) is 172 cm³/mol. The van der Waals surface area contributed by atoms with Gasteiger partial charge in [-0.15, -0.1) is 0 Å². The molecule has 4 heteroatoms. The van der Waals surface area contributed by atoms with E-state index in [9.17, 15) is 9.59 Å². The third-order valence-corrected chi connectivity index (χ3v) is 7.99. The number of carboxylic acid groups (broad SMARTS) is 1. The summed E-state index contributed by atoms with van der Waals surface area (Å²) in [5.74, 6) is -0.660. The first-order valence-corrected chi connectivity index (χ1v) is 17.7. The Morgan fingerprint density at radius 3 is 1.43 bits per heavy atom. The van der Waals surface area contributed by atoms with Crippen molar-refractivity contribution in [1.29, 1.82) is 0 Å². The lowest BCUT2D eigenvalue weighted by molar-refractivity contribution is -0.150. The van der Waals surface area contributed by atoms with Gasteiger partial charge in [0.2, 0.25) is 0 Å². The molecule has 40 heavy (non-hydrogen) atoms. The third kappa shape index (κ3) is 31.2. The van der Waals surface area contributed by atoms with E-state index in [0.717, 1.165) is 64.2 Å². The fourth-order valence-electron chi connectivity index (χ4n) is 5.34. The number of hydrogen-bond acceptors (Lipinski definition) is 3. The van der Waals surface area contributed by atoms with Crippen molar-refractivity contribution < 1.29 is 19.4 Å². The second-order valence-corrected chi connectivity index (χ2v) is 12.1. The lowest BCUT2D eigenvalue weighted by atomic mass is 10.0. The molecular formula is C36H68O4. The molecule has 1 atom stereocenters. The summed E-state index contributed by atoms with van der Waals surface area (Å²) in [6.07, 6.45) is 38.3. The van der Waals surface area contributed by atoms with Crippen LogP contribution in [0, 0.1) is 0 Å². The molecule has 0 saturated carbocycles. The molecule has 0 amide bonds. The molecule has 0 aromatic rings. The summed E-state index contributed by atoms with van der Waals surface area (Å²) in [6.45, 7) is 4.48. The molecular weight excluding hydrogens is 496 g/mol. The van der Waals surface area contributed by atoms with Crippen molar-refractivity contribution in [2.24, 2.45) is 0 Å². The Hall–Kier alpha value is -1.32. The Morgan fingerprint density at radius 2 is 0.925 bits per heavy atom. The number of allylic oxidation sites excluding steroid dienone is 2. The van der Waals surface area contributed by atoms with Gasteiger partial charge in [-0.25, -0.2) is 0 Å². The average molecular weight is 565 g/mol. The number of aliphatic carboxylic acids is 1. The number of ether oxygens (including phenoxy) is 1. The van der Waals surface area contributed by atoms with Gasteiger partial charge < -0.3 is 9.84 Å². The number of carboxylic acids is 1. The molecule has 0 saturated heterocycles. The Bertz CT molecular complexity index is 571. The number of carbonyl (C=O) groups is 2. The van der Waals surface area contributed by atoms with Gasteiger partial charge in [0.05, 0.1) is 0 Å². The maximum absolute atomic E-state index is 12.4. The summed E-state index contributed by atoms with van der Waals surface area (Å²) < 4.78 is 5.89. The van der Waals surface area contributed by atoms with E-state index in [1.165, 1.54) is 109 Å². The lowest BCUT2D eigenvalue weighted by Gasteiger charge is -2.18. The molecule has 0 heterocycles. The molecule has 0 aromatic heterocycles. The summed E-state index contributed by atoms with van der Waals surface area (Å²) in [7, 11) is 0. The number of rotatable bonds is 32. The first-order valence-electron chi connectivity index (χ1n) is 17.7. The molecule has 1 N–H and O–H groups in total. The largest absolute Gasteiger partial charge is 0.481 e. The second-order valence-electron chi connectivity index (χ2n) is 12.1. The van der Waals surface area contributed by atoms with Crippen molar-refractivity contribution in [2.45, 2.75) is 206 Å². The van der Waals surface area contributed by atoms with Crippen LogP contribution in [0.4, 0.5) is 0 Å². The van der Waals surface area contributed by atoms with Crippen LogP contribution in [-0.4, -0.2) is 23.1 Å². The van der Waals surface area contributed by atoms with Gasteiger partial charge in [-0.05, 0) is 57.8 Å². The smallest absolute Gasteiger partial charge is 0.306 e. The Balaban J connectivity index is 3.67. The molecule has 0 aromatic carbocycles. The van der Waals surface area contributed by atoms with Crippen LogP contribution in [0.5, 0.6) is 0 Å². The Kier molecular flexibility index (Phi) is 31.1. The summed E-state index contributed by atoms with van der Waals surface area (Å²) in [4.78, 5) is 22.9. The molecule has 236 valence electrons. The Morgan fingerprint density at radius 1 is 0.525 bits per heavy atom.